The first-order valence-corrected chi connectivity index (χ1v) is 7.94. The van der Waals surface area contributed by atoms with Gasteiger partial charge >= 0.3 is 6.09 Å². The Morgan fingerprint density at radius 3 is 2.83 bits per heavy atom. The number of hydrogen-bond donors (Lipinski definition) is 2. The number of hydrogen-bond acceptors (Lipinski definition) is 4. The van der Waals surface area contributed by atoms with Crippen molar-refractivity contribution >= 4 is 12.1 Å². The van der Waals surface area contributed by atoms with E-state index in [0.717, 1.165) is 31.5 Å². The van der Waals surface area contributed by atoms with E-state index in [1.54, 1.807) is 0 Å². The Morgan fingerprint density at radius 2 is 2.09 bits per heavy atom. The number of guanidine groups is 1. The molecule has 7 nitrogen and oxygen atoms in total. The van der Waals surface area contributed by atoms with Crippen LogP contribution in [0.1, 0.15) is 18.4 Å². The molecule has 3 rings (SSSR count). The predicted molar refractivity (Wildman–Crippen MR) is 87.2 cm³/mol. The van der Waals surface area contributed by atoms with E-state index in [4.69, 9.17) is 16.3 Å². The topological polar surface area (TPSA) is 97.2 Å². The summed E-state index contributed by atoms with van der Waals surface area (Å²) in [4.78, 5) is 16.2. The van der Waals surface area contributed by atoms with Crippen LogP contribution in [0.25, 0.3) is 0 Å². The molecule has 2 atom stereocenters. The number of amides is 1. The molecule has 2 heterocycles. The van der Waals surface area contributed by atoms with Crippen molar-refractivity contribution in [1.82, 2.24) is 9.80 Å². The first kappa shape index (κ1) is 15.5. The maximum absolute atomic E-state index is 12.5. The summed E-state index contributed by atoms with van der Waals surface area (Å²) in [5.41, 5.74) is 6.79. The van der Waals surface area contributed by atoms with Crippen molar-refractivity contribution in [2.45, 2.75) is 25.5 Å². The number of carbonyl (C=O) groups excluding carboxylic acids is 1. The smallest absolute Gasteiger partial charge is 0.410 e. The lowest BCUT2D eigenvalue weighted by molar-refractivity contribution is 0.0610. The van der Waals surface area contributed by atoms with Crippen LogP contribution in [0.3, 0.4) is 0 Å². The second-order valence-electron chi connectivity index (χ2n) is 6.10. The van der Waals surface area contributed by atoms with E-state index >= 15 is 0 Å². The molecule has 1 amide bonds. The highest BCUT2D eigenvalue weighted by Crippen LogP contribution is 2.31. The van der Waals surface area contributed by atoms with Gasteiger partial charge in [0.05, 0.1) is 6.04 Å². The van der Waals surface area contributed by atoms with Crippen LogP contribution in [0.15, 0.2) is 35.4 Å². The maximum atomic E-state index is 12.5. The van der Waals surface area contributed by atoms with Gasteiger partial charge in [0, 0.05) is 19.6 Å². The van der Waals surface area contributed by atoms with Gasteiger partial charge < -0.3 is 26.1 Å². The van der Waals surface area contributed by atoms with Crippen molar-refractivity contribution in [2.75, 3.05) is 19.6 Å². The summed E-state index contributed by atoms with van der Waals surface area (Å²) < 4.78 is 5.48. The van der Waals surface area contributed by atoms with E-state index in [1.807, 2.05) is 40.1 Å². The zero-order chi connectivity index (χ0) is 16.2. The van der Waals surface area contributed by atoms with Crippen LogP contribution in [0, 0.1) is 5.92 Å². The molecular weight excluding hydrogens is 294 g/mol. The number of piperidine rings is 1. The van der Waals surface area contributed by atoms with Gasteiger partial charge in [-0.25, -0.2) is 4.79 Å². The van der Waals surface area contributed by atoms with Gasteiger partial charge in [-0.05, 0) is 24.3 Å². The second kappa shape index (κ2) is 6.76. The molecule has 0 aliphatic carbocycles. The van der Waals surface area contributed by atoms with Gasteiger partial charge in [-0.3, -0.25) is 0 Å². The van der Waals surface area contributed by atoms with Crippen LogP contribution >= 0.6 is 0 Å². The van der Waals surface area contributed by atoms with Crippen molar-refractivity contribution in [3.05, 3.63) is 35.9 Å². The number of hydrazone groups is 1. The number of benzene rings is 1. The molecule has 4 N–H and O–H groups in total. The molecule has 1 aromatic rings. The lowest BCUT2D eigenvalue weighted by atomic mass is 9.92. The molecule has 0 saturated carbocycles. The number of likely N-dealkylation sites (tertiary alicyclic amines) is 2. The summed E-state index contributed by atoms with van der Waals surface area (Å²) in [6.07, 6.45) is 1.81. The number of nitrogens with two attached hydrogens (primary N) is 2. The van der Waals surface area contributed by atoms with Gasteiger partial charge in [0.25, 0.3) is 0 Å². The van der Waals surface area contributed by atoms with Crippen molar-refractivity contribution < 1.29 is 9.53 Å². The Bertz CT molecular complexity index is 577. The average molecular weight is 317 g/mol. The zero-order valence-corrected chi connectivity index (χ0v) is 13.1. The Morgan fingerprint density at radius 1 is 1.30 bits per heavy atom. The molecule has 0 spiro atoms. The highest BCUT2D eigenvalue weighted by atomic mass is 16.6. The van der Waals surface area contributed by atoms with E-state index in [9.17, 15) is 4.79 Å². The SMILES string of the molecule is NN=C(N)N1C[C@@H]2CCCN(C(=O)OCc3ccccc3)[C@@H]2C1. The Labute approximate surface area is 135 Å². The largest absolute Gasteiger partial charge is 0.445 e. The molecule has 0 aromatic heterocycles. The van der Waals surface area contributed by atoms with Gasteiger partial charge in [-0.2, -0.15) is 0 Å². The molecule has 2 aliphatic rings. The van der Waals surface area contributed by atoms with Crippen molar-refractivity contribution in [3.63, 3.8) is 0 Å². The Hall–Kier alpha value is -2.44. The maximum Gasteiger partial charge on any atom is 0.410 e. The third-order valence-electron chi connectivity index (χ3n) is 4.68. The molecular formula is C16H23N5O2. The van der Waals surface area contributed by atoms with Gasteiger partial charge in [-0.1, -0.05) is 30.3 Å². The Kier molecular flexibility index (Phi) is 4.55. The van der Waals surface area contributed by atoms with Crippen LogP contribution in [0.5, 0.6) is 0 Å². The monoisotopic (exact) mass is 317 g/mol. The highest BCUT2D eigenvalue weighted by molar-refractivity contribution is 5.78. The Balaban J connectivity index is 1.61. The molecule has 0 radical (unpaired) electrons. The third-order valence-corrected chi connectivity index (χ3v) is 4.68. The summed E-state index contributed by atoms with van der Waals surface area (Å²) in [5.74, 6) is 5.99. The lowest BCUT2D eigenvalue weighted by Crippen LogP contribution is -2.49. The molecule has 0 unspecified atom stereocenters. The molecule has 2 fully saturated rings. The average Bonchev–Trinajstić information content (AvgIpc) is 3.04. The molecule has 1 aromatic carbocycles. The van der Waals surface area contributed by atoms with E-state index in [0.29, 0.717) is 25.0 Å². The molecule has 124 valence electrons. The number of fused-ring (bicyclic) bond motifs is 1. The minimum absolute atomic E-state index is 0.118. The highest BCUT2D eigenvalue weighted by Gasteiger charge is 2.42. The molecule has 7 heteroatoms. The second-order valence-corrected chi connectivity index (χ2v) is 6.10. The van der Waals surface area contributed by atoms with Crippen LogP contribution in [-0.2, 0) is 11.3 Å². The number of rotatable bonds is 2. The van der Waals surface area contributed by atoms with E-state index in [1.165, 1.54) is 0 Å². The summed E-state index contributed by atoms with van der Waals surface area (Å²) in [6, 6.07) is 9.82. The van der Waals surface area contributed by atoms with Gasteiger partial charge in [-0.15, -0.1) is 5.10 Å². The van der Waals surface area contributed by atoms with E-state index in [2.05, 4.69) is 5.10 Å². The summed E-state index contributed by atoms with van der Waals surface area (Å²) in [6.45, 7) is 2.48. The van der Waals surface area contributed by atoms with Crippen LogP contribution in [0.2, 0.25) is 0 Å². The van der Waals surface area contributed by atoms with Crippen molar-refractivity contribution in [2.24, 2.45) is 22.6 Å². The van der Waals surface area contributed by atoms with Gasteiger partial charge in [0.2, 0.25) is 5.96 Å². The predicted octanol–water partition coefficient (Wildman–Crippen LogP) is 0.908. The standard InChI is InChI=1S/C16H23N5O2/c17-15(19-18)20-9-13-7-4-8-21(14(13)10-20)16(22)23-11-12-5-2-1-3-6-12/h1-3,5-6,13-14H,4,7-11,18H2,(H2,17,19)/t13-,14+/m0/s1. The van der Waals surface area contributed by atoms with Gasteiger partial charge in [0.1, 0.15) is 6.61 Å². The minimum Gasteiger partial charge on any atom is -0.445 e. The first-order valence-electron chi connectivity index (χ1n) is 7.94. The zero-order valence-electron chi connectivity index (χ0n) is 13.1. The fourth-order valence-corrected chi connectivity index (χ4v) is 3.48. The quantitative estimate of drug-likeness (QED) is 0.366. The minimum atomic E-state index is -0.256. The summed E-state index contributed by atoms with van der Waals surface area (Å²) in [7, 11) is 0. The van der Waals surface area contributed by atoms with E-state index < -0.39 is 0 Å². The van der Waals surface area contributed by atoms with Crippen LogP contribution in [-0.4, -0.2) is 47.5 Å². The van der Waals surface area contributed by atoms with Gasteiger partial charge in [0.15, 0.2) is 0 Å². The number of ether oxygens (including phenoxy) is 1. The van der Waals surface area contributed by atoms with Crippen molar-refractivity contribution in [1.29, 1.82) is 0 Å². The van der Waals surface area contributed by atoms with E-state index in [-0.39, 0.29) is 12.1 Å². The summed E-state index contributed by atoms with van der Waals surface area (Å²) >= 11 is 0. The normalized spacial score (nSPS) is 24.4. The molecule has 2 aliphatic heterocycles. The van der Waals surface area contributed by atoms with Crippen LogP contribution < -0.4 is 11.6 Å². The van der Waals surface area contributed by atoms with Crippen molar-refractivity contribution in [3.8, 4) is 0 Å². The number of nitrogens with zero attached hydrogens (tertiary/aromatic N) is 3. The summed E-state index contributed by atoms with van der Waals surface area (Å²) in [5, 5.41) is 3.56. The fourth-order valence-electron chi connectivity index (χ4n) is 3.48. The third kappa shape index (κ3) is 3.33. The molecule has 2 saturated heterocycles. The molecule has 0 bridgehead atoms. The number of carbonyl (C=O) groups is 1. The first-order chi connectivity index (χ1) is 11.2. The molecule has 23 heavy (non-hydrogen) atoms. The van der Waals surface area contributed by atoms with Crippen LogP contribution in [0.4, 0.5) is 4.79 Å². The fraction of sp³-hybridized carbons (Fsp3) is 0.500. The lowest BCUT2D eigenvalue weighted by Gasteiger charge is -2.35.